The lowest BCUT2D eigenvalue weighted by atomic mass is 9.75. The molecular formula is C37H50F4O6. The van der Waals surface area contributed by atoms with Gasteiger partial charge in [0.1, 0.15) is 11.5 Å². The summed E-state index contributed by atoms with van der Waals surface area (Å²) in [6.07, 6.45) is 10.8. The third kappa shape index (κ3) is 10.8. The van der Waals surface area contributed by atoms with E-state index in [2.05, 4.69) is 23.3 Å². The van der Waals surface area contributed by atoms with Crippen LogP contribution in [-0.2, 0) is 18.9 Å². The lowest BCUT2D eigenvalue weighted by molar-refractivity contribution is -0.214. The predicted molar refractivity (Wildman–Crippen MR) is 169 cm³/mol. The second-order valence-corrected chi connectivity index (χ2v) is 13.6. The molecule has 0 amide bonds. The second kappa shape index (κ2) is 17.8. The molecule has 47 heavy (non-hydrogen) atoms. The van der Waals surface area contributed by atoms with Crippen LogP contribution in [0.4, 0.5) is 17.6 Å². The standard InChI is InChI=1S/C19H26F2O3.C18H24F2O3/c1-2-13-3-5-14(6-4-13)16-11-22-18(23-12-16)15-7-9-17(10-8-15)24-19(20)21;1-12-2-4-13(5-3-12)15-10-21-17(22-11-15)14-6-8-16(9-7-14)23-18(19)20/h7-10,13-14,16,18-19H,2-6,11-12H2,1H3;6-9,12-13,15,17-18H,2-5,10-11H2,1H3. The predicted octanol–water partition coefficient (Wildman–Crippen LogP) is 9.94. The molecule has 2 heterocycles. The number of hydrogen-bond donors (Lipinski definition) is 0. The van der Waals surface area contributed by atoms with Gasteiger partial charge in [-0.15, -0.1) is 0 Å². The maximum absolute atomic E-state index is 12.2. The molecule has 262 valence electrons. The molecule has 2 aromatic rings. The van der Waals surface area contributed by atoms with E-state index in [1.807, 2.05) is 0 Å². The Morgan fingerprint density at radius 1 is 0.553 bits per heavy atom. The fourth-order valence-corrected chi connectivity index (χ4v) is 7.40. The van der Waals surface area contributed by atoms with Crippen LogP contribution in [0.5, 0.6) is 11.5 Å². The van der Waals surface area contributed by atoms with Crippen LogP contribution in [0.25, 0.3) is 0 Å². The summed E-state index contributed by atoms with van der Waals surface area (Å²) in [7, 11) is 0. The first kappa shape index (κ1) is 35.9. The van der Waals surface area contributed by atoms with Gasteiger partial charge in [0.25, 0.3) is 0 Å². The van der Waals surface area contributed by atoms with Gasteiger partial charge < -0.3 is 28.4 Å². The molecule has 6 nitrogen and oxygen atoms in total. The number of rotatable bonds is 9. The van der Waals surface area contributed by atoms with E-state index in [0.29, 0.717) is 50.1 Å². The van der Waals surface area contributed by atoms with Crippen LogP contribution in [0.3, 0.4) is 0 Å². The second-order valence-electron chi connectivity index (χ2n) is 13.6. The fourth-order valence-electron chi connectivity index (χ4n) is 7.40. The summed E-state index contributed by atoms with van der Waals surface area (Å²) < 4.78 is 80.9. The van der Waals surface area contributed by atoms with E-state index in [1.165, 1.54) is 82.1 Å². The molecule has 0 atom stereocenters. The van der Waals surface area contributed by atoms with Crippen molar-refractivity contribution in [3.63, 3.8) is 0 Å². The third-order valence-electron chi connectivity index (χ3n) is 10.5. The Hall–Kier alpha value is -2.40. The van der Waals surface area contributed by atoms with Gasteiger partial charge in [-0.3, -0.25) is 0 Å². The average Bonchev–Trinajstić information content (AvgIpc) is 3.09. The smallest absolute Gasteiger partial charge is 0.387 e. The Morgan fingerprint density at radius 3 is 1.26 bits per heavy atom. The molecule has 2 aliphatic carbocycles. The van der Waals surface area contributed by atoms with Crippen LogP contribution in [0.1, 0.15) is 95.3 Å². The highest BCUT2D eigenvalue weighted by atomic mass is 19.3. The molecule has 0 N–H and O–H groups in total. The summed E-state index contributed by atoms with van der Waals surface area (Å²) in [5, 5.41) is 0. The zero-order valence-electron chi connectivity index (χ0n) is 27.5. The fraction of sp³-hybridized carbons (Fsp3) is 0.676. The van der Waals surface area contributed by atoms with Gasteiger partial charge in [0.05, 0.1) is 26.4 Å². The first-order chi connectivity index (χ1) is 22.8. The van der Waals surface area contributed by atoms with E-state index in [1.54, 1.807) is 24.3 Å². The highest BCUT2D eigenvalue weighted by Crippen LogP contribution is 2.39. The van der Waals surface area contributed by atoms with E-state index in [-0.39, 0.29) is 11.5 Å². The highest BCUT2D eigenvalue weighted by Gasteiger charge is 2.33. The van der Waals surface area contributed by atoms with Crippen molar-refractivity contribution in [2.75, 3.05) is 26.4 Å². The van der Waals surface area contributed by atoms with Crippen molar-refractivity contribution in [2.24, 2.45) is 35.5 Å². The molecule has 2 saturated carbocycles. The van der Waals surface area contributed by atoms with Crippen molar-refractivity contribution in [1.82, 2.24) is 0 Å². The average molecular weight is 667 g/mol. The maximum Gasteiger partial charge on any atom is 0.387 e. The molecule has 0 unspecified atom stereocenters. The van der Waals surface area contributed by atoms with Crippen LogP contribution < -0.4 is 9.47 Å². The van der Waals surface area contributed by atoms with E-state index < -0.39 is 25.8 Å². The quantitative estimate of drug-likeness (QED) is 0.249. The van der Waals surface area contributed by atoms with Crippen LogP contribution in [-0.4, -0.2) is 39.7 Å². The van der Waals surface area contributed by atoms with Crippen molar-refractivity contribution in [3.8, 4) is 11.5 Å². The van der Waals surface area contributed by atoms with E-state index in [4.69, 9.17) is 18.9 Å². The number of hydrogen-bond acceptors (Lipinski definition) is 6. The van der Waals surface area contributed by atoms with Crippen LogP contribution in [0.2, 0.25) is 0 Å². The maximum atomic E-state index is 12.2. The summed E-state index contributed by atoms with van der Waals surface area (Å²) in [5.41, 5.74) is 1.67. The van der Waals surface area contributed by atoms with Crippen LogP contribution in [0, 0.1) is 35.5 Å². The summed E-state index contributed by atoms with van der Waals surface area (Å²) in [6, 6.07) is 12.9. The normalized spacial score (nSPS) is 31.6. The Bertz CT molecular complexity index is 1150. The van der Waals surface area contributed by atoms with Gasteiger partial charge in [0.2, 0.25) is 0 Å². The van der Waals surface area contributed by atoms with Crippen molar-refractivity contribution < 1.29 is 46.0 Å². The highest BCUT2D eigenvalue weighted by molar-refractivity contribution is 5.29. The topological polar surface area (TPSA) is 55.4 Å². The number of ether oxygens (including phenoxy) is 6. The Kier molecular flexibility index (Phi) is 13.6. The molecule has 0 aromatic heterocycles. The van der Waals surface area contributed by atoms with Gasteiger partial charge in [0, 0.05) is 23.0 Å². The van der Waals surface area contributed by atoms with Crippen molar-refractivity contribution in [2.45, 2.75) is 97.4 Å². The first-order valence-electron chi connectivity index (χ1n) is 17.3. The van der Waals surface area contributed by atoms with Crippen molar-refractivity contribution in [3.05, 3.63) is 59.7 Å². The monoisotopic (exact) mass is 666 g/mol. The molecule has 0 spiro atoms. The summed E-state index contributed by atoms with van der Waals surface area (Å²) >= 11 is 0. The summed E-state index contributed by atoms with van der Waals surface area (Å²) in [4.78, 5) is 0. The van der Waals surface area contributed by atoms with Gasteiger partial charge in [-0.1, -0.05) is 70.2 Å². The third-order valence-corrected chi connectivity index (χ3v) is 10.5. The SMILES string of the molecule is CC1CCC(C2COC(c3ccc(OC(F)F)cc3)OC2)CC1.CCC1CCC(C2COC(c3ccc(OC(F)F)cc3)OC2)CC1. The van der Waals surface area contributed by atoms with Gasteiger partial charge in [-0.05, 0) is 73.6 Å². The van der Waals surface area contributed by atoms with Gasteiger partial charge >= 0.3 is 13.2 Å². The first-order valence-corrected chi connectivity index (χ1v) is 17.3. The minimum absolute atomic E-state index is 0.147. The molecule has 2 aromatic carbocycles. The van der Waals surface area contributed by atoms with E-state index >= 15 is 0 Å². The summed E-state index contributed by atoms with van der Waals surface area (Å²) in [5.74, 6) is 4.39. The zero-order valence-corrected chi connectivity index (χ0v) is 27.5. The molecule has 0 radical (unpaired) electrons. The molecule has 0 bridgehead atoms. The molecular weight excluding hydrogens is 616 g/mol. The van der Waals surface area contributed by atoms with Crippen molar-refractivity contribution >= 4 is 0 Å². The number of halogens is 4. The van der Waals surface area contributed by atoms with Gasteiger partial charge in [0.15, 0.2) is 12.6 Å². The van der Waals surface area contributed by atoms with E-state index in [0.717, 1.165) is 23.0 Å². The Balaban J connectivity index is 0.000000185. The molecule has 4 aliphatic rings. The lowest BCUT2D eigenvalue weighted by Crippen LogP contribution is -2.34. The molecule has 4 fully saturated rings. The minimum atomic E-state index is -2.80. The van der Waals surface area contributed by atoms with Gasteiger partial charge in [-0.25, -0.2) is 0 Å². The van der Waals surface area contributed by atoms with Crippen molar-refractivity contribution in [1.29, 1.82) is 0 Å². The number of alkyl halides is 4. The summed E-state index contributed by atoms with van der Waals surface area (Å²) in [6.45, 7) is 1.83. The molecule has 2 aliphatic heterocycles. The van der Waals surface area contributed by atoms with Gasteiger partial charge in [-0.2, -0.15) is 17.6 Å². The largest absolute Gasteiger partial charge is 0.435 e. The van der Waals surface area contributed by atoms with Crippen LogP contribution >= 0.6 is 0 Å². The van der Waals surface area contributed by atoms with Crippen LogP contribution in [0.15, 0.2) is 48.5 Å². The molecule has 6 rings (SSSR count). The zero-order chi connectivity index (χ0) is 33.2. The number of benzene rings is 2. The minimum Gasteiger partial charge on any atom is -0.435 e. The van der Waals surface area contributed by atoms with E-state index in [9.17, 15) is 17.6 Å². The molecule has 2 saturated heterocycles. The lowest BCUT2D eigenvalue weighted by Gasteiger charge is -2.37. The Labute approximate surface area is 276 Å². The molecule has 10 heteroatoms. The Morgan fingerprint density at radius 2 is 0.915 bits per heavy atom.